The van der Waals surface area contributed by atoms with Crippen LogP contribution < -0.4 is 14.8 Å². The standard InChI is InChI=1S/C24H28N2O4S2/c1-16(2)14-18-7-9-19(10-8-18)24(23-6-5-13-31-23)26-32(28,29)20-11-12-22(30-4)21(15-20)25-17(3)27/h5-13,15-16,24,26H,14H2,1-4H3,(H,25,27). The lowest BCUT2D eigenvalue weighted by molar-refractivity contribution is -0.114. The van der Waals surface area contributed by atoms with Crippen LogP contribution in [0.25, 0.3) is 0 Å². The first kappa shape index (κ1) is 24.0. The predicted octanol–water partition coefficient (Wildman–Crippen LogP) is 4.98. The summed E-state index contributed by atoms with van der Waals surface area (Å²) < 4.78 is 34.7. The molecule has 0 bridgehead atoms. The Bertz CT molecular complexity index is 1160. The van der Waals surface area contributed by atoms with Gasteiger partial charge in [-0.15, -0.1) is 11.3 Å². The van der Waals surface area contributed by atoms with Gasteiger partial charge in [0.25, 0.3) is 0 Å². The molecule has 0 aliphatic rings. The number of amides is 1. The zero-order chi connectivity index (χ0) is 23.3. The molecule has 6 nitrogen and oxygen atoms in total. The highest BCUT2D eigenvalue weighted by atomic mass is 32.2. The maximum Gasteiger partial charge on any atom is 0.241 e. The monoisotopic (exact) mass is 472 g/mol. The first-order chi connectivity index (χ1) is 15.2. The summed E-state index contributed by atoms with van der Waals surface area (Å²) in [5, 5.41) is 4.54. The third-order valence-corrected chi connectivity index (χ3v) is 7.21. The van der Waals surface area contributed by atoms with Gasteiger partial charge in [-0.25, -0.2) is 8.42 Å². The van der Waals surface area contributed by atoms with Gasteiger partial charge in [0.15, 0.2) is 0 Å². The van der Waals surface area contributed by atoms with Crippen LogP contribution in [-0.4, -0.2) is 21.4 Å². The number of ether oxygens (including phenoxy) is 1. The fraction of sp³-hybridized carbons (Fsp3) is 0.292. The molecule has 8 heteroatoms. The van der Waals surface area contributed by atoms with Crippen molar-refractivity contribution in [3.05, 3.63) is 76.0 Å². The summed E-state index contributed by atoms with van der Waals surface area (Å²) in [5.41, 5.74) is 2.37. The molecule has 3 rings (SSSR count). The molecule has 32 heavy (non-hydrogen) atoms. The summed E-state index contributed by atoms with van der Waals surface area (Å²) in [5.74, 6) is 0.610. The first-order valence-electron chi connectivity index (χ1n) is 10.3. The van der Waals surface area contributed by atoms with Gasteiger partial charge >= 0.3 is 0 Å². The number of carbonyl (C=O) groups excluding carboxylic acids is 1. The van der Waals surface area contributed by atoms with E-state index in [1.165, 1.54) is 49.1 Å². The van der Waals surface area contributed by atoms with Crippen molar-refractivity contribution >= 4 is 33.0 Å². The number of hydrogen-bond acceptors (Lipinski definition) is 5. The second kappa shape index (κ2) is 10.3. The minimum Gasteiger partial charge on any atom is -0.495 e. The van der Waals surface area contributed by atoms with Gasteiger partial charge in [0.05, 0.1) is 23.7 Å². The van der Waals surface area contributed by atoms with Crippen molar-refractivity contribution in [1.29, 1.82) is 0 Å². The molecule has 1 atom stereocenters. The summed E-state index contributed by atoms with van der Waals surface area (Å²) in [4.78, 5) is 12.5. The summed E-state index contributed by atoms with van der Waals surface area (Å²) in [6.07, 6.45) is 0.966. The Balaban J connectivity index is 1.95. The molecular weight excluding hydrogens is 444 g/mol. The summed E-state index contributed by atoms with van der Waals surface area (Å²) in [6, 6.07) is 15.7. The van der Waals surface area contributed by atoms with Gasteiger partial charge in [-0.05, 0) is 53.1 Å². The van der Waals surface area contributed by atoms with Gasteiger partial charge in [-0.2, -0.15) is 4.72 Å². The maximum absolute atomic E-state index is 13.3. The van der Waals surface area contributed by atoms with Crippen LogP contribution in [0.2, 0.25) is 0 Å². The van der Waals surface area contributed by atoms with Crippen molar-refractivity contribution in [2.75, 3.05) is 12.4 Å². The molecule has 0 fully saturated rings. The van der Waals surface area contributed by atoms with Gasteiger partial charge in [0.1, 0.15) is 5.75 Å². The molecule has 1 aromatic heterocycles. The topological polar surface area (TPSA) is 84.5 Å². The smallest absolute Gasteiger partial charge is 0.241 e. The van der Waals surface area contributed by atoms with Crippen molar-refractivity contribution in [2.45, 2.75) is 38.1 Å². The van der Waals surface area contributed by atoms with Crippen LogP contribution in [0.15, 0.2) is 64.9 Å². The number of rotatable bonds is 9. The lowest BCUT2D eigenvalue weighted by Crippen LogP contribution is -2.29. The largest absolute Gasteiger partial charge is 0.495 e. The summed E-state index contributed by atoms with van der Waals surface area (Å²) in [6.45, 7) is 5.69. The molecule has 2 aromatic carbocycles. The minimum atomic E-state index is -3.90. The van der Waals surface area contributed by atoms with Crippen LogP contribution in [0.3, 0.4) is 0 Å². The number of nitrogens with one attached hydrogen (secondary N) is 2. The number of hydrogen-bond donors (Lipinski definition) is 2. The molecule has 0 saturated carbocycles. The Labute approximate surface area is 193 Å². The Morgan fingerprint density at radius 1 is 1.09 bits per heavy atom. The molecule has 170 valence electrons. The van der Waals surface area contributed by atoms with E-state index in [4.69, 9.17) is 4.74 Å². The van der Waals surface area contributed by atoms with E-state index in [0.29, 0.717) is 17.4 Å². The van der Waals surface area contributed by atoms with E-state index in [-0.39, 0.29) is 10.8 Å². The SMILES string of the molecule is COc1ccc(S(=O)(=O)NC(c2ccc(CC(C)C)cc2)c2cccs2)cc1NC(C)=O. The lowest BCUT2D eigenvalue weighted by atomic mass is 9.99. The van der Waals surface area contributed by atoms with E-state index in [0.717, 1.165) is 16.9 Å². The van der Waals surface area contributed by atoms with Crippen LogP contribution in [0, 0.1) is 5.92 Å². The quantitative estimate of drug-likeness (QED) is 0.460. The van der Waals surface area contributed by atoms with Gasteiger partial charge in [-0.3, -0.25) is 4.79 Å². The van der Waals surface area contributed by atoms with Crippen molar-refractivity contribution in [3.8, 4) is 5.75 Å². The highest BCUT2D eigenvalue weighted by Gasteiger charge is 2.25. The Kier molecular flexibility index (Phi) is 7.71. The number of sulfonamides is 1. The van der Waals surface area contributed by atoms with Crippen LogP contribution in [-0.2, 0) is 21.2 Å². The lowest BCUT2D eigenvalue weighted by Gasteiger charge is -2.19. The molecule has 0 aliphatic heterocycles. The molecule has 1 heterocycles. The van der Waals surface area contributed by atoms with Crippen LogP contribution >= 0.6 is 11.3 Å². The molecular formula is C24H28N2O4S2. The molecule has 0 saturated heterocycles. The molecule has 1 unspecified atom stereocenters. The normalized spacial score (nSPS) is 12.5. The molecule has 2 N–H and O–H groups in total. The van der Waals surface area contributed by atoms with Crippen molar-refractivity contribution in [1.82, 2.24) is 4.72 Å². The van der Waals surface area contributed by atoms with Gasteiger partial charge in [0.2, 0.25) is 15.9 Å². The Hall–Kier alpha value is -2.68. The minimum absolute atomic E-state index is 0.0417. The Morgan fingerprint density at radius 2 is 1.81 bits per heavy atom. The first-order valence-corrected chi connectivity index (χ1v) is 12.7. The number of carbonyl (C=O) groups is 1. The summed E-state index contributed by atoms with van der Waals surface area (Å²) in [7, 11) is -2.44. The fourth-order valence-corrected chi connectivity index (χ4v) is 5.53. The van der Waals surface area contributed by atoms with Crippen LogP contribution in [0.5, 0.6) is 5.75 Å². The third-order valence-electron chi connectivity index (χ3n) is 4.85. The molecule has 3 aromatic rings. The van der Waals surface area contributed by atoms with E-state index >= 15 is 0 Å². The van der Waals surface area contributed by atoms with Crippen LogP contribution in [0.1, 0.15) is 42.8 Å². The maximum atomic E-state index is 13.3. The summed E-state index contributed by atoms with van der Waals surface area (Å²) >= 11 is 1.49. The molecule has 0 spiro atoms. The predicted molar refractivity (Wildman–Crippen MR) is 129 cm³/mol. The number of thiophene rings is 1. The molecule has 1 amide bonds. The number of benzene rings is 2. The zero-order valence-corrected chi connectivity index (χ0v) is 20.2. The second-order valence-electron chi connectivity index (χ2n) is 7.95. The van der Waals surface area contributed by atoms with Gasteiger partial charge in [0, 0.05) is 11.8 Å². The zero-order valence-electron chi connectivity index (χ0n) is 18.6. The highest BCUT2D eigenvalue weighted by molar-refractivity contribution is 7.89. The molecule has 0 aliphatic carbocycles. The van der Waals surface area contributed by atoms with Gasteiger partial charge < -0.3 is 10.1 Å². The molecule has 0 radical (unpaired) electrons. The third kappa shape index (κ3) is 5.97. The van der Waals surface area contributed by atoms with Crippen molar-refractivity contribution in [2.24, 2.45) is 5.92 Å². The van der Waals surface area contributed by atoms with E-state index in [1.54, 1.807) is 0 Å². The second-order valence-corrected chi connectivity index (χ2v) is 10.6. The number of methoxy groups -OCH3 is 1. The number of anilines is 1. The van der Waals surface area contributed by atoms with Gasteiger partial charge in [-0.1, -0.05) is 44.2 Å². The fourth-order valence-electron chi connectivity index (χ4n) is 3.43. The average Bonchev–Trinajstić information content (AvgIpc) is 3.26. The highest BCUT2D eigenvalue weighted by Crippen LogP contribution is 2.31. The van der Waals surface area contributed by atoms with Crippen LogP contribution in [0.4, 0.5) is 5.69 Å². The Morgan fingerprint density at radius 3 is 2.38 bits per heavy atom. The van der Waals surface area contributed by atoms with E-state index in [9.17, 15) is 13.2 Å². The van der Waals surface area contributed by atoms with E-state index in [2.05, 4.69) is 23.9 Å². The van der Waals surface area contributed by atoms with Crippen molar-refractivity contribution < 1.29 is 17.9 Å². The van der Waals surface area contributed by atoms with Crippen molar-refractivity contribution in [3.63, 3.8) is 0 Å². The van der Waals surface area contributed by atoms with E-state index < -0.39 is 16.1 Å². The van der Waals surface area contributed by atoms with E-state index in [1.807, 2.05) is 41.8 Å². The average molecular weight is 473 g/mol.